The number of hydrogen-bond acceptors (Lipinski definition) is 5. The van der Waals surface area contributed by atoms with Gasteiger partial charge >= 0.3 is 5.97 Å². The first-order valence-corrected chi connectivity index (χ1v) is 6.39. The minimum Gasteiger partial charge on any atom is -0.469 e. The molecule has 2 aromatic rings. The molecule has 20 heavy (non-hydrogen) atoms. The van der Waals surface area contributed by atoms with E-state index in [1.807, 2.05) is 24.3 Å². The first-order valence-electron chi connectivity index (χ1n) is 6.39. The number of aryl methyl sites for hydroxylation is 1. The maximum Gasteiger partial charge on any atom is 0.305 e. The van der Waals surface area contributed by atoms with Gasteiger partial charge in [-0.3, -0.25) is 9.48 Å². The molecule has 1 aromatic heterocycles. The minimum atomic E-state index is -0.210. The van der Waals surface area contributed by atoms with Gasteiger partial charge in [0.05, 0.1) is 20.3 Å². The summed E-state index contributed by atoms with van der Waals surface area (Å²) in [5, 5.41) is 13.1. The first-order chi connectivity index (χ1) is 9.72. The number of carbonyl (C=O) groups is 1. The lowest BCUT2D eigenvalue weighted by atomic mass is 10.1. The number of methoxy groups -OCH3 is 1. The molecule has 0 unspecified atom stereocenters. The summed E-state index contributed by atoms with van der Waals surface area (Å²) in [4.78, 5) is 15.3. The summed E-state index contributed by atoms with van der Waals surface area (Å²) >= 11 is 0. The summed E-state index contributed by atoms with van der Waals surface area (Å²) in [6.45, 7) is 0.472. The largest absolute Gasteiger partial charge is 0.469 e. The molecule has 0 fully saturated rings. The van der Waals surface area contributed by atoms with Crippen LogP contribution in [0.2, 0.25) is 0 Å². The van der Waals surface area contributed by atoms with Crippen LogP contribution in [-0.4, -0.2) is 39.6 Å². The van der Waals surface area contributed by atoms with Crippen molar-refractivity contribution in [3.63, 3.8) is 0 Å². The van der Waals surface area contributed by atoms with Crippen LogP contribution in [0.1, 0.15) is 12.0 Å². The lowest BCUT2D eigenvalue weighted by molar-refractivity contribution is -0.140. The Morgan fingerprint density at radius 1 is 1.35 bits per heavy atom. The standard InChI is InChI=1S/C14H17N3O3/c1-20-13(19)7-4-11-2-5-12(6-3-11)14-15-10-17(16-14)8-9-18/h2-3,5-6,10,18H,4,7-9H2,1H3. The number of ether oxygens (including phenoxy) is 1. The number of aliphatic hydroxyl groups is 1. The van der Waals surface area contributed by atoms with Gasteiger partial charge in [-0.05, 0) is 12.0 Å². The highest BCUT2D eigenvalue weighted by molar-refractivity contribution is 5.69. The molecule has 6 heteroatoms. The van der Waals surface area contributed by atoms with Crippen molar-refractivity contribution in [3.8, 4) is 11.4 Å². The summed E-state index contributed by atoms with van der Waals surface area (Å²) in [5.74, 6) is 0.413. The SMILES string of the molecule is COC(=O)CCc1ccc(-c2ncn(CCO)n2)cc1. The topological polar surface area (TPSA) is 77.2 Å². The quantitative estimate of drug-likeness (QED) is 0.797. The molecule has 2 rings (SSSR count). The smallest absolute Gasteiger partial charge is 0.305 e. The molecule has 0 saturated heterocycles. The Labute approximate surface area is 117 Å². The molecular weight excluding hydrogens is 258 g/mol. The Balaban J connectivity index is 2.01. The molecule has 0 saturated carbocycles. The van der Waals surface area contributed by atoms with E-state index in [1.165, 1.54) is 7.11 Å². The van der Waals surface area contributed by atoms with E-state index in [-0.39, 0.29) is 12.6 Å². The van der Waals surface area contributed by atoms with Crippen LogP contribution in [0.25, 0.3) is 11.4 Å². The van der Waals surface area contributed by atoms with Crippen molar-refractivity contribution in [2.24, 2.45) is 0 Å². The number of aromatic nitrogens is 3. The summed E-state index contributed by atoms with van der Waals surface area (Å²) in [6.07, 6.45) is 2.62. The number of aliphatic hydroxyl groups excluding tert-OH is 1. The van der Waals surface area contributed by atoms with Gasteiger partial charge in [0.25, 0.3) is 0 Å². The highest BCUT2D eigenvalue weighted by Gasteiger charge is 2.05. The van der Waals surface area contributed by atoms with Gasteiger partial charge in [-0.2, -0.15) is 5.10 Å². The van der Waals surface area contributed by atoms with Crippen LogP contribution in [0.15, 0.2) is 30.6 Å². The normalized spacial score (nSPS) is 10.5. The van der Waals surface area contributed by atoms with E-state index in [0.717, 1.165) is 11.1 Å². The van der Waals surface area contributed by atoms with Crippen LogP contribution in [0, 0.1) is 0 Å². The highest BCUT2D eigenvalue weighted by Crippen LogP contribution is 2.16. The van der Waals surface area contributed by atoms with E-state index in [2.05, 4.69) is 14.8 Å². The molecule has 0 bridgehead atoms. The van der Waals surface area contributed by atoms with Crippen LogP contribution in [0.3, 0.4) is 0 Å². The molecule has 0 radical (unpaired) electrons. The van der Waals surface area contributed by atoms with E-state index in [0.29, 0.717) is 25.2 Å². The zero-order valence-corrected chi connectivity index (χ0v) is 11.3. The van der Waals surface area contributed by atoms with Gasteiger partial charge < -0.3 is 9.84 Å². The number of nitrogens with zero attached hydrogens (tertiary/aromatic N) is 3. The molecule has 0 aliphatic carbocycles. The first kappa shape index (κ1) is 14.2. The summed E-state index contributed by atoms with van der Waals surface area (Å²) in [6, 6.07) is 7.74. The lowest BCUT2D eigenvalue weighted by Gasteiger charge is -2.02. The zero-order valence-electron chi connectivity index (χ0n) is 11.3. The van der Waals surface area contributed by atoms with Crippen LogP contribution < -0.4 is 0 Å². The van der Waals surface area contributed by atoms with E-state index >= 15 is 0 Å². The summed E-state index contributed by atoms with van der Waals surface area (Å²) < 4.78 is 6.21. The highest BCUT2D eigenvalue weighted by atomic mass is 16.5. The molecule has 106 valence electrons. The second kappa shape index (κ2) is 6.81. The van der Waals surface area contributed by atoms with E-state index in [9.17, 15) is 4.79 Å². The fourth-order valence-electron chi connectivity index (χ4n) is 1.81. The van der Waals surface area contributed by atoms with E-state index < -0.39 is 0 Å². The van der Waals surface area contributed by atoms with E-state index in [4.69, 9.17) is 5.11 Å². The minimum absolute atomic E-state index is 0.0370. The van der Waals surface area contributed by atoms with Crippen molar-refractivity contribution in [2.45, 2.75) is 19.4 Å². The van der Waals surface area contributed by atoms with Crippen molar-refractivity contribution in [1.29, 1.82) is 0 Å². The Morgan fingerprint density at radius 2 is 2.10 bits per heavy atom. The maximum absolute atomic E-state index is 11.1. The molecular formula is C14H17N3O3. The average molecular weight is 275 g/mol. The second-order valence-electron chi connectivity index (χ2n) is 4.33. The Hall–Kier alpha value is -2.21. The fourth-order valence-corrected chi connectivity index (χ4v) is 1.81. The Bertz CT molecular complexity index is 563. The van der Waals surface area contributed by atoms with Crippen LogP contribution >= 0.6 is 0 Å². The predicted octanol–water partition coefficient (Wildman–Crippen LogP) is 1.04. The van der Waals surface area contributed by atoms with Crippen molar-refractivity contribution in [1.82, 2.24) is 14.8 Å². The van der Waals surface area contributed by atoms with Gasteiger partial charge in [0.2, 0.25) is 0 Å². The summed E-state index contributed by atoms with van der Waals surface area (Å²) in [5.41, 5.74) is 1.97. The monoisotopic (exact) mass is 275 g/mol. The number of hydrogen-bond donors (Lipinski definition) is 1. The third-order valence-electron chi connectivity index (χ3n) is 2.92. The number of rotatable bonds is 6. The van der Waals surface area contributed by atoms with Crippen LogP contribution in [0.5, 0.6) is 0 Å². The molecule has 1 N–H and O–H groups in total. The van der Waals surface area contributed by atoms with Gasteiger partial charge in [-0.15, -0.1) is 0 Å². The molecule has 6 nitrogen and oxygen atoms in total. The van der Waals surface area contributed by atoms with Gasteiger partial charge in [-0.1, -0.05) is 24.3 Å². The van der Waals surface area contributed by atoms with Crippen molar-refractivity contribution >= 4 is 5.97 Å². The van der Waals surface area contributed by atoms with Gasteiger partial charge in [0.1, 0.15) is 6.33 Å². The molecule has 0 atom stereocenters. The van der Waals surface area contributed by atoms with Gasteiger partial charge in [0, 0.05) is 12.0 Å². The molecule has 1 aromatic carbocycles. The lowest BCUT2D eigenvalue weighted by Crippen LogP contribution is -2.02. The van der Waals surface area contributed by atoms with E-state index in [1.54, 1.807) is 11.0 Å². The third-order valence-corrected chi connectivity index (χ3v) is 2.92. The van der Waals surface area contributed by atoms with Gasteiger partial charge in [-0.25, -0.2) is 4.98 Å². The Kier molecular flexibility index (Phi) is 4.84. The van der Waals surface area contributed by atoms with Crippen LogP contribution in [0.4, 0.5) is 0 Å². The zero-order chi connectivity index (χ0) is 14.4. The second-order valence-corrected chi connectivity index (χ2v) is 4.33. The number of esters is 1. The van der Waals surface area contributed by atoms with Crippen molar-refractivity contribution in [2.75, 3.05) is 13.7 Å². The van der Waals surface area contributed by atoms with Crippen molar-refractivity contribution in [3.05, 3.63) is 36.2 Å². The number of benzene rings is 1. The third kappa shape index (κ3) is 3.64. The molecule has 0 aliphatic rings. The summed E-state index contributed by atoms with van der Waals surface area (Å²) in [7, 11) is 1.39. The molecule has 0 spiro atoms. The number of carbonyl (C=O) groups excluding carboxylic acids is 1. The van der Waals surface area contributed by atoms with Crippen LogP contribution in [-0.2, 0) is 22.5 Å². The average Bonchev–Trinajstić information content (AvgIpc) is 2.94. The molecule has 1 heterocycles. The van der Waals surface area contributed by atoms with Gasteiger partial charge in [0.15, 0.2) is 5.82 Å². The fraction of sp³-hybridized carbons (Fsp3) is 0.357. The molecule has 0 aliphatic heterocycles. The molecule has 0 amide bonds. The maximum atomic E-state index is 11.1. The Morgan fingerprint density at radius 3 is 2.75 bits per heavy atom. The van der Waals surface area contributed by atoms with Crippen molar-refractivity contribution < 1.29 is 14.6 Å². The predicted molar refractivity (Wildman–Crippen MR) is 72.9 cm³/mol.